The maximum atomic E-state index is 12.4. The molecule has 0 aliphatic carbocycles. The second-order valence-corrected chi connectivity index (χ2v) is 11.8. The van der Waals surface area contributed by atoms with Crippen LogP contribution in [0.2, 0.25) is 0 Å². The van der Waals surface area contributed by atoms with Crippen molar-refractivity contribution in [3.8, 4) is 0 Å². The van der Waals surface area contributed by atoms with Crippen molar-refractivity contribution in [1.82, 2.24) is 10.6 Å². The third-order valence-corrected chi connectivity index (χ3v) is 7.95. The molecule has 0 aromatic carbocycles. The molecule has 2 fully saturated rings. The van der Waals surface area contributed by atoms with Crippen LogP contribution in [-0.4, -0.2) is 77.5 Å². The molecule has 2 rings (SSSR count). The van der Waals surface area contributed by atoms with E-state index in [1.165, 1.54) is 13.0 Å². The SMILES string of the molecule is CCCNC(=O)C[C@@H]1C[C@@](O)(CCl)C[C@@H](/C=C/C(C)=C/C[C@@H]2O[C@H](C)[C@H](NC(=O)C=CC(C)OC(C)=O)C[C@@H]2C)O1. The number of carbonyl (C=O) groups is 3. The molecule has 2 heterocycles. The van der Waals surface area contributed by atoms with Gasteiger partial charge in [-0.3, -0.25) is 14.4 Å². The second kappa shape index (κ2) is 17.0. The molecule has 1 unspecified atom stereocenters. The summed E-state index contributed by atoms with van der Waals surface area (Å²) in [5.41, 5.74) is -0.0388. The lowest BCUT2D eigenvalue weighted by atomic mass is 9.87. The molecule has 8 atom stereocenters. The lowest BCUT2D eigenvalue weighted by Crippen LogP contribution is -2.50. The highest BCUT2D eigenvalue weighted by Gasteiger charge is 2.39. The van der Waals surface area contributed by atoms with E-state index in [1.807, 2.05) is 32.9 Å². The van der Waals surface area contributed by atoms with Gasteiger partial charge in [0.1, 0.15) is 6.10 Å². The van der Waals surface area contributed by atoms with Crippen LogP contribution >= 0.6 is 11.6 Å². The number of hydrogen-bond acceptors (Lipinski definition) is 7. The van der Waals surface area contributed by atoms with Crippen LogP contribution < -0.4 is 10.6 Å². The van der Waals surface area contributed by atoms with Gasteiger partial charge in [-0.15, -0.1) is 11.6 Å². The highest BCUT2D eigenvalue weighted by atomic mass is 35.5. The van der Waals surface area contributed by atoms with Gasteiger partial charge >= 0.3 is 5.97 Å². The highest BCUT2D eigenvalue weighted by molar-refractivity contribution is 6.18. The molecule has 2 aliphatic heterocycles. The summed E-state index contributed by atoms with van der Waals surface area (Å²) < 4.78 is 17.4. The van der Waals surface area contributed by atoms with E-state index < -0.39 is 23.8 Å². The Balaban J connectivity index is 1.89. The summed E-state index contributed by atoms with van der Waals surface area (Å²) in [7, 11) is 0. The number of alkyl halides is 1. The molecule has 0 aromatic rings. The van der Waals surface area contributed by atoms with Gasteiger partial charge < -0.3 is 30.0 Å². The van der Waals surface area contributed by atoms with Gasteiger partial charge in [-0.1, -0.05) is 37.6 Å². The number of aliphatic hydroxyl groups is 1. The standard InChI is InChI=1S/C31H49ClN2O7/c1-7-14-33-30(37)16-26-18-31(38,19-32)17-25(41-26)11-8-20(2)9-12-28-21(3)15-27(23(5)40-28)34-29(36)13-10-22(4)39-24(6)35/h8-11,13,21-23,25-28,38H,7,12,14-19H2,1-6H3,(H,33,37)(H,34,36)/b11-8+,13-10?,20-9+/t21-,22?,23+,25+,26+,27+,28-,31+/m0/s1. The van der Waals surface area contributed by atoms with Gasteiger partial charge in [0.25, 0.3) is 0 Å². The first kappa shape index (κ1) is 35.0. The van der Waals surface area contributed by atoms with E-state index in [0.717, 1.165) is 24.8 Å². The van der Waals surface area contributed by atoms with Crippen molar-refractivity contribution in [2.24, 2.45) is 5.92 Å². The Labute approximate surface area is 250 Å². The van der Waals surface area contributed by atoms with Crippen LogP contribution in [0, 0.1) is 5.92 Å². The zero-order valence-electron chi connectivity index (χ0n) is 25.4. The number of carbonyl (C=O) groups excluding carboxylic acids is 3. The minimum absolute atomic E-state index is 0.0133. The van der Waals surface area contributed by atoms with Crippen molar-refractivity contribution in [3.63, 3.8) is 0 Å². The fourth-order valence-corrected chi connectivity index (χ4v) is 5.43. The fourth-order valence-electron chi connectivity index (χ4n) is 5.21. The monoisotopic (exact) mass is 596 g/mol. The third-order valence-electron chi connectivity index (χ3n) is 7.45. The first-order valence-electron chi connectivity index (χ1n) is 14.7. The number of amides is 2. The maximum absolute atomic E-state index is 12.4. The molecule has 0 spiro atoms. The van der Waals surface area contributed by atoms with Crippen LogP contribution in [0.4, 0.5) is 0 Å². The smallest absolute Gasteiger partial charge is 0.303 e. The van der Waals surface area contributed by atoms with Gasteiger partial charge in [-0.2, -0.15) is 0 Å². The summed E-state index contributed by atoms with van der Waals surface area (Å²) in [6.07, 6.45) is 10.9. The lowest BCUT2D eigenvalue weighted by molar-refractivity contribution is -0.143. The maximum Gasteiger partial charge on any atom is 0.303 e. The van der Waals surface area contributed by atoms with Crippen LogP contribution in [0.15, 0.2) is 36.0 Å². The predicted octanol–water partition coefficient (Wildman–Crippen LogP) is 4.12. The van der Waals surface area contributed by atoms with E-state index in [1.54, 1.807) is 13.0 Å². The number of hydrogen-bond donors (Lipinski definition) is 3. The molecular formula is C31H49ClN2O7. The normalized spacial score (nSPS) is 31.7. The van der Waals surface area contributed by atoms with E-state index in [4.69, 9.17) is 25.8 Å². The van der Waals surface area contributed by atoms with Crippen LogP contribution in [0.5, 0.6) is 0 Å². The second-order valence-electron chi connectivity index (χ2n) is 11.5. The van der Waals surface area contributed by atoms with E-state index in [9.17, 15) is 19.5 Å². The minimum Gasteiger partial charge on any atom is -0.459 e. The van der Waals surface area contributed by atoms with Crippen molar-refractivity contribution in [2.75, 3.05) is 12.4 Å². The van der Waals surface area contributed by atoms with Crippen molar-refractivity contribution in [3.05, 3.63) is 36.0 Å². The third kappa shape index (κ3) is 12.7. The molecule has 2 saturated heterocycles. The topological polar surface area (TPSA) is 123 Å². The molecule has 9 nitrogen and oxygen atoms in total. The highest BCUT2D eigenvalue weighted by Crippen LogP contribution is 2.32. The van der Waals surface area contributed by atoms with E-state index in [-0.39, 0.29) is 54.4 Å². The molecule has 0 saturated carbocycles. The zero-order chi connectivity index (χ0) is 30.6. The molecule has 0 bridgehead atoms. The lowest BCUT2D eigenvalue weighted by Gasteiger charge is -2.39. The van der Waals surface area contributed by atoms with Gasteiger partial charge in [0.05, 0.1) is 48.4 Å². The van der Waals surface area contributed by atoms with E-state index >= 15 is 0 Å². The average molecular weight is 597 g/mol. The number of rotatable bonds is 13. The first-order valence-corrected chi connectivity index (χ1v) is 15.2. The summed E-state index contributed by atoms with van der Waals surface area (Å²) in [5.74, 6) is -0.408. The molecule has 232 valence electrons. The van der Waals surface area contributed by atoms with Crippen molar-refractivity contribution < 1.29 is 33.7 Å². The van der Waals surface area contributed by atoms with Crippen LogP contribution in [0.1, 0.15) is 80.1 Å². The molecule has 10 heteroatoms. The molecule has 2 amide bonds. The molecule has 3 N–H and O–H groups in total. The largest absolute Gasteiger partial charge is 0.459 e. The summed E-state index contributed by atoms with van der Waals surface area (Å²) in [5, 5.41) is 16.8. The Morgan fingerprint density at radius 2 is 1.90 bits per heavy atom. The van der Waals surface area contributed by atoms with Gasteiger partial charge in [-0.25, -0.2) is 0 Å². The van der Waals surface area contributed by atoms with E-state index in [2.05, 4.69) is 23.6 Å². The molecule has 0 radical (unpaired) electrons. The van der Waals surface area contributed by atoms with Gasteiger partial charge in [0.15, 0.2) is 0 Å². The van der Waals surface area contributed by atoms with E-state index in [0.29, 0.717) is 19.4 Å². The predicted molar refractivity (Wildman–Crippen MR) is 159 cm³/mol. The molecular weight excluding hydrogens is 548 g/mol. The zero-order valence-corrected chi connectivity index (χ0v) is 26.1. The Morgan fingerprint density at radius 1 is 1.17 bits per heavy atom. The number of ether oxygens (including phenoxy) is 3. The number of allylic oxidation sites excluding steroid dienone is 2. The molecule has 41 heavy (non-hydrogen) atoms. The Hall–Kier alpha value is -2.20. The van der Waals surface area contributed by atoms with Crippen LogP contribution in [0.3, 0.4) is 0 Å². The fraction of sp³-hybridized carbons (Fsp3) is 0.710. The van der Waals surface area contributed by atoms with Crippen molar-refractivity contribution >= 4 is 29.4 Å². The molecule has 0 aromatic heterocycles. The summed E-state index contributed by atoms with van der Waals surface area (Å²) in [6.45, 7) is 11.7. The van der Waals surface area contributed by atoms with Gasteiger partial charge in [-0.05, 0) is 52.0 Å². The summed E-state index contributed by atoms with van der Waals surface area (Å²) in [4.78, 5) is 35.6. The number of nitrogens with one attached hydrogen (secondary N) is 2. The van der Waals surface area contributed by atoms with Gasteiger partial charge in [0, 0.05) is 32.4 Å². The number of halogens is 1. The van der Waals surface area contributed by atoms with Crippen molar-refractivity contribution in [2.45, 2.75) is 122 Å². The Bertz CT molecular complexity index is 968. The first-order chi connectivity index (χ1) is 19.3. The van der Waals surface area contributed by atoms with Gasteiger partial charge in [0.2, 0.25) is 11.8 Å². The average Bonchev–Trinajstić information content (AvgIpc) is 2.90. The quantitative estimate of drug-likeness (QED) is 0.126. The van der Waals surface area contributed by atoms with Crippen LogP contribution in [0.25, 0.3) is 0 Å². The Kier molecular flexibility index (Phi) is 14.6. The molecule has 2 aliphatic rings. The summed E-state index contributed by atoms with van der Waals surface area (Å²) in [6, 6.07) is -0.117. The minimum atomic E-state index is -1.08. The van der Waals surface area contributed by atoms with Crippen molar-refractivity contribution in [1.29, 1.82) is 0 Å². The summed E-state index contributed by atoms with van der Waals surface area (Å²) >= 11 is 6.08. The van der Waals surface area contributed by atoms with Crippen LogP contribution in [-0.2, 0) is 28.6 Å². The Morgan fingerprint density at radius 3 is 2.56 bits per heavy atom. The number of esters is 1.